The molecule has 158 valence electrons. The lowest BCUT2D eigenvalue weighted by Gasteiger charge is -2.10. The normalized spacial score (nSPS) is 10.5. The van der Waals surface area contributed by atoms with Crippen molar-refractivity contribution in [1.82, 2.24) is 4.98 Å². The van der Waals surface area contributed by atoms with Crippen LogP contribution in [0, 0.1) is 0 Å². The molecule has 0 aliphatic carbocycles. The van der Waals surface area contributed by atoms with Crippen LogP contribution >= 0.6 is 0 Å². The molecule has 0 spiro atoms. The molecule has 0 radical (unpaired) electrons. The van der Waals surface area contributed by atoms with Gasteiger partial charge in [0.1, 0.15) is 0 Å². The molecule has 0 fully saturated rings. The van der Waals surface area contributed by atoms with Gasteiger partial charge >= 0.3 is 5.97 Å². The van der Waals surface area contributed by atoms with E-state index in [0.29, 0.717) is 33.4 Å². The molecule has 4 rings (SSSR count). The van der Waals surface area contributed by atoms with Crippen LogP contribution in [0.15, 0.2) is 84.9 Å². The first-order valence-corrected chi connectivity index (χ1v) is 9.83. The number of rotatable bonds is 6. The van der Waals surface area contributed by atoms with E-state index in [9.17, 15) is 14.4 Å². The van der Waals surface area contributed by atoms with E-state index in [4.69, 9.17) is 10.5 Å². The zero-order valence-corrected chi connectivity index (χ0v) is 16.9. The number of anilines is 1. The number of aromatic nitrogens is 1. The Morgan fingerprint density at radius 2 is 1.56 bits per heavy atom. The Morgan fingerprint density at radius 1 is 0.875 bits per heavy atom. The number of ether oxygens (including phenoxy) is 1. The molecule has 2 amide bonds. The average Bonchev–Trinajstić information content (AvgIpc) is 2.82. The molecule has 0 atom stereocenters. The van der Waals surface area contributed by atoms with E-state index in [1.54, 1.807) is 24.3 Å². The predicted octanol–water partition coefficient (Wildman–Crippen LogP) is 3.80. The molecule has 1 heterocycles. The van der Waals surface area contributed by atoms with Gasteiger partial charge in [0.2, 0.25) is 5.91 Å². The number of primary amides is 1. The monoisotopic (exact) mass is 425 g/mol. The second-order valence-corrected chi connectivity index (χ2v) is 7.00. The highest BCUT2D eigenvalue weighted by atomic mass is 16.5. The average molecular weight is 425 g/mol. The second-order valence-electron chi connectivity index (χ2n) is 7.00. The fourth-order valence-corrected chi connectivity index (χ4v) is 3.22. The summed E-state index contributed by atoms with van der Waals surface area (Å²) in [6.45, 7) is -0.465. The number of esters is 1. The van der Waals surface area contributed by atoms with Gasteiger partial charge < -0.3 is 15.8 Å². The number of para-hydroxylation sites is 1. The van der Waals surface area contributed by atoms with Gasteiger partial charge in [-0.25, -0.2) is 9.78 Å². The van der Waals surface area contributed by atoms with Crippen LogP contribution in [0.2, 0.25) is 0 Å². The first-order valence-electron chi connectivity index (χ1n) is 9.83. The standard InChI is InChI=1S/C25H19N3O4/c26-24(30)17-10-12-18(13-11-17)27-23(29)15-32-25(31)20-14-22(16-6-2-1-3-7-16)28-21-9-5-4-8-19(20)21/h1-14H,15H2,(H2,26,30)(H,27,29). The summed E-state index contributed by atoms with van der Waals surface area (Å²) >= 11 is 0. The summed E-state index contributed by atoms with van der Waals surface area (Å²) in [5, 5.41) is 3.25. The Hall–Kier alpha value is -4.52. The third-order valence-corrected chi connectivity index (χ3v) is 4.79. The summed E-state index contributed by atoms with van der Waals surface area (Å²) in [5.41, 5.74) is 8.46. The smallest absolute Gasteiger partial charge is 0.339 e. The minimum atomic E-state index is -0.625. The van der Waals surface area contributed by atoms with Crippen molar-refractivity contribution in [2.75, 3.05) is 11.9 Å². The van der Waals surface area contributed by atoms with Crippen LogP contribution < -0.4 is 11.1 Å². The van der Waals surface area contributed by atoms with E-state index in [1.807, 2.05) is 48.5 Å². The van der Waals surface area contributed by atoms with Crippen LogP contribution in [0.25, 0.3) is 22.2 Å². The fraction of sp³-hybridized carbons (Fsp3) is 0.0400. The molecule has 4 aromatic rings. The lowest BCUT2D eigenvalue weighted by atomic mass is 10.0. The van der Waals surface area contributed by atoms with Crippen LogP contribution in [0.4, 0.5) is 5.69 Å². The number of nitrogens with zero attached hydrogens (tertiary/aromatic N) is 1. The number of fused-ring (bicyclic) bond motifs is 1. The van der Waals surface area contributed by atoms with Gasteiger partial charge in [-0.3, -0.25) is 9.59 Å². The molecule has 0 aliphatic rings. The number of amides is 2. The highest BCUT2D eigenvalue weighted by molar-refractivity contribution is 6.05. The third kappa shape index (κ3) is 4.62. The van der Waals surface area contributed by atoms with Crippen LogP contribution in [0.5, 0.6) is 0 Å². The van der Waals surface area contributed by atoms with Crippen molar-refractivity contribution in [2.24, 2.45) is 5.73 Å². The van der Waals surface area contributed by atoms with Gasteiger partial charge in [-0.1, -0.05) is 48.5 Å². The Morgan fingerprint density at radius 3 is 2.28 bits per heavy atom. The molecule has 0 unspecified atom stereocenters. The molecule has 0 saturated heterocycles. The minimum Gasteiger partial charge on any atom is -0.452 e. The van der Waals surface area contributed by atoms with Crippen LogP contribution in [-0.4, -0.2) is 29.4 Å². The van der Waals surface area contributed by atoms with E-state index in [-0.39, 0.29) is 0 Å². The van der Waals surface area contributed by atoms with Gasteiger partial charge in [-0.2, -0.15) is 0 Å². The summed E-state index contributed by atoms with van der Waals surface area (Å²) in [6.07, 6.45) is 0. The van der Waals surface area contributed by atoms with Gasteiger partial charge in [-0.05, 0) is 36.4 Å². The zero-order valence-electron chi connectivity index (χ0n) is 16.9. The molecule has 7 nitrogen and oxygen atoms in total. The van der Waals surface area contributed by atoms with Crippen LogP contribution in [0.3, 0.4) is 0 Å². The molecule has 3 N–H and O–H groups in total. The first kappa shape index (κ1) is 20.7. The molecule has 0 aliphatic heterocycles. The lowest BCUT2D eigenvalue weighted by Crippen LogP contribution is -2.21. The summed E-state index contributed by atoms with van der Waals surface area (Å²) in [5.74, 6) is -1.69. The number of carbonyl (C=O) groups excluding carboxylic acids is 3. The largest absolute Gasteiger partial charge is 0.452 e. The number of benzene rings is 3. The molecule has 1 aromatic heterocycles. The topological polar surface area (TPSA) is 111 Å². The van der Waals surface area contributed by atoms with Crippen molar-refractivity contribution in [3.63, 3.8) is 0 Å². The number of pyridine rings is 1. The zero-order chi connectivity index (χ0) is 22.5. The fourth-order valence-electron chi connectivity index (χ4n) is 3.22. The number of nitrogens with one attached hydrogen (secondary N) is 1. The van der Waals surface area contributed by atoms with Gasteiger partial charge in [0.05, 0.1) is 16.8 Å². The Balaban J connectivity index is 1.51. The Bertz CT molecular complexity index is 1300. The molecular formula is C25H19N3O4. The van der Waals surface area contributed by atoms with Crippen molar-refractivity contribution >= 4 is 34.4 Å². The van der Waals surface area contributed by atoms with Crippen molar-refractivity contribution in [3.8, 4) is 11.3 Å². The SMILES string of the molecule is NC(=O)c1ccc(NC(=O)COC(=O)c2cc(-c3ccccc3)nc3ccccc23)cc1. The van der Waals surface area contributed by atoms with Crippen molar-refractivity contribution in [1.29, 1.82) is 0 Å². The Kier molecular flexibility index (Phi) is 5.89. The number of hydrogen-bond acceptors (Lipinski definition) is 5. The maximum absolute atomic E-state index is 12.8. The Labute approximate surface area is 183 Å². The lowest BCUT2D eigenvalue weighted by molar-refractivity contribution is -0.119. The molecular weight excluding hydrogens is 406 g/mol. The maximum Gasteiger partial charge on any atom is 0.339 e. The second kappa shape index (κ2) is 9.09. The van der Waals surface area contributed by atoms with Crippen LogP contribution in [-0.2, 0) is 9.53 Å². The van der Waals surface area contributed by atoms with E-state index >= 15 is 0 Å². The summed E-state index contributed by atoms with van der Waals surface area (Å²) in [7, 11) is 0. The summed E-state index contributed by atoms with van der Waals surface area (Å²) in [6, 6.07) is 24.5. The van der Waals surface area contributed by atoms with Gasteiger partial charge in [0.15, 0.2) is 6.61 Å². The summed E-state index contributed by atoms with van der Waals surface area (Å²) in [4.78, 5) is 40.8. The van der Waals surface area contributed by atoms with Crippen molar-refractivity contribution < 1.29 is 19.1 Å². The molecule has 0 bridgehead atoms. The van der Waals surface area contributed by atoms with E-state index in [2.05, 4.69) is 10.3 Å². The molecule has 7 heteroatoms. The van der Waals surface area contributed by atoms with Crippen molar-refractivity contribution in [3.05, 3.63) is 96.1 Å². The maximum atomic E-state index is 12.8. The first-order chi connectivity index (χ1) is 15.5. The molecule has 32 heavy (non-hydrogen) atoms. The van der Waals surface area contributed by atoms with Crippen LogP contribution in [0.1, 0.15) is 20.7 Å². The highest BCUT2D eigenvalue weighted by Gasteiger charge is 2.16. The quantitative estimate of drug-likeness (QED) is 0.457. The number of carbonyl (C=O) groups is 3. The van der Waals surface area contributed by atoms with Crippen molar-refractivity contribution in [2.45, 2.75) is 0 Å². The minimum absolute atomic E-state index is 0.327. The molecule has 0 saturated carbocycles. The third-order valence-electron chi connectivity index (χ3n) is 4.79. The van der Waals surface area contributed by atoms with Gasteiger partial charge in [0, 0.05) is 22.2 Å². The van der Waals surface area contributed by atoms with E-state index < -0.39 is 24.4 Å². The highest BCUT2D eigenvalue weighted by Crippen LogP contribution is 2.25. The molecule has 3 aromatic carbocycles. The number of nitrogens with two attached hydrogens (primary N) is 1. The summed E-state index contributed by atoms with van der Waals surface area (Å²) < 4.78 is 5.27. The van der Waals surface area contributed by atoms with E-state index in [0.717, 1.165) is 5.56 Å². The number of hydrogen-bond donors (Lipinski definition) is 2. The van der Waals surface area contributed by atoms with Gasteiger partial charge in [-0.15, -0.1) is 0 Å². The van der Waals surface area contributed by atoms with E-state index in [1.165, 1.54) is 12.1 Å². The van der Waals surface area contributed by atoms with Gasteiger partial charge in [0.25, 0.3) is 5.91 Å². The predicted molar refractivity (Wildman–Crippen MR) is 121 cm³/mol.